The number of benzene rings is 3. The third kappa shape index (κ3) is 4.08. The first kappa shape index (κ1) is 21.8. The summed E-state index contributed by atoms with van der Waals surface area (Å²) in [5.41, 5.74) is 1.98. The Kier molecular flexibility index (Phi) is 5.95. The summed E-state index contributed by atoms with van der Waals surface area (Å²) < 4.78 is 5.35. The van der Waals surface area contributed by atoms with Crippen molar-refractivity contribution in [3.8, 4) is 5.75 Å². The van der Waals surface area contributed by atoms with Crippen molar-refractivity contribution in [2.24, 2.45) is 0 Å². The van der Waals surface area contributed by atoms with E-state index < -0.39 is 17.7 Å². The molecule has 1 atom stereocenters. The number of aliphatic hydroxyl groups excluding tert-OH is 1. The molecule has 7 heteroatoms. The lowest BCUT2D eigenvalue weighted by molar-refractivity contribution is -0.132. The van der Waals surface area contributed by atoms with E-state index in [0.29, 0.717) is 28.3 Å². The Morgan fingerprint density at radius 2 is 1.58 bits per heavy atom. The summed E-state index contributed by atoms with van der Waals surface area (Å²) in [6.45, 7) is 1.40. The number of hydrogen-bond donors (Lipinski definition) is 2. The molecule has 0 radical (unpaired) electrons. The van der Waals surface area contributed by atoms with Crippen LogP contribution in [0.15, 0.2) is 84.4 Å². The molecule has 7 nitrogen and oxygen atoms in total. The fraction of sp³-hybridized carbons (Fsp3) is 0.115. The maximum atomic E-state index is 13.2. The van der Waals surface area contributed by atoms with E-state index >= 15 is 0 Å². The van der Waals surface area contributed by atoms with E-state index in [1.807, 2.05) is 6.07 Å². The lowest BCUT2D eigenvalue weighted by Gasteiger charge is -2.25. The van der Waals surface area contributed by atoms with Crippen molar-refractivity contribution >= 4 is 34.7 Å². The minimum Gasteiger partial charge on any atom is -0.507 e. The predicted molar refractivity (Wildman–Crippen MR) is 125 cm³/mol. The Bertz CT molecular complexity index is 1250. The number of nitrogens with one attached hydrogen (secondary N) is 1. The molecule has 1 unspecified atom stereocenters. The number of methoxy groups -OCH3 is 1. The summed E-state index contributed by atoms with van der Waals surface area (Å²) in [5.74, 6) is -1.69. The third-order valence-corrected chi connectivity index (χ3v) is 5.39. The number of amides is 2. The van der Waals surface area contributed by atoms with E-state index in [0.717, 1.165) is 0 Å². The fourth-order valence-corrected chi connectivity index (χ4v) is 3.94. The Labute approximate surface area is 190 Å². The summed E-state index contributed by atoms with van der Waals surface area (Å²) >= 11 is 0. The van der Waals surface area contributed by atoms with Gasteiger partial charge in [0.05, 0.1) is 24.3 Å². The van der Waals surface area contributed by atoms with Gasteiger partial charge in [0.25, 0.3) is 11.7 Å². The van der Waals surface area contributed by atoms with Crippen molar-refractivity contribution in [3.63, 3.8) is 0 Å². The standard InChI is InChI=1S/C26H22N2O5/c1-16(29)27-18-12-14-19(15-13-18)28-23(17-8-4-3-5-9-17)22(25(31)26(28)32)24(30)20-10-6-7-11-21(20)33-2/h3-15,23,30H,1-2H3,(H,27,29)/b24-22-. The first-order chi connectivity index (χ1) is 15.9. The summed E-state index contributed by atoms with van der Waals surface area (Å²) in [7, 11) is 1.47. The second-order valence-corrected chi connectivity index (χ2v) is 7.51. The molecule has 166 valence electrons. The molecule has 0 bridgehead atoms. The molecule has 2 N–H and O–H groups in total. The fourth-order valence-electron chi connectivity index (χ4n) is 3.94. The molecule has 0 spiro atoms. The number of rotatable bonds is 5. The van der Waals surface area contributed by atoms with Gasteiger partial charge in [0.15, 0.2) is 0 Å². The highest BCUT2D eigenvalue weighted by Gasteiger charge is 2.47. The zero-order valence-electron chi connectivity index (χ0n) is 18.1. The molecule has 33 heavy (non-hydrogen) atoms. The van der Waals surface area contributed by atoms with Gasteiger partial charge in [-0.1, -0.05) is 42.5 Å². The van der Waals surface area contributed by atoms with Crippen LogP contribution in [0, 0.1) is 0 Å². The van der Waals surface area contributed by atoms with Crippen molar-refractivity contribution in [1.82, 2.24) is 0 Å². The predicted octanol–water partition coefficient (Wildman–Crippen LogP) is 4.28. The topological polar surface area (TPSA) is 95.9 Å². The Hall–Kier alpha value is -4.39. The number of hydrogen-bond acceptors (Lipinski definition) is 5. The zero-order chi connectivity index (χ0) is 23.5. The monoisotopic (exact) mass is 442 g/mol. The van der Waals surface area contributed by atoms with Gasteiger partial charge in [-0.05, 0) is 42.0 Å². The Morgan fingerprint density at radius 1 is 0.939 bits per heavy atom. The summed E-state index contributed by atoms with van der Waals surface area (Å²) in [5, 5.41) is 13.9. The van der Waals surface area contributed by atoms with Crippen LogP contribution in [0.5, 0.6) is 5.75 Å². The number of carbonyl (C=O) groups excluding carboxylic acids is 3. The average molecular weight is 442 g/mol. The smallest absolute Gasteiger partial charge is 0.300 e. The molecule has 1 aliphatic heterocycles. The molecule has 3 aromatic carbocycles. The highest BCUT2D eigenvalue weighted by atomic mass is 16.5. The van der Waals surface area contributed by atoms with Crippen molar-refractivity contribution in [3.05, 3.63) is 95.6 Å². The van der Waals surface area contributed by atoms with Gasteiger partial charge in [-0.25, -0.2) is 0 Å². The van der Waals surface area contributed by atoms with Crippen molar-refractivity contribution in [2.75, 3.05) is 17.3 Å². The van der Waals surface area contributed by atoms with Gasteiger partial charge in [-0.2, -0.15) is 0 Å². The molecule has 1 aliphatic rings. The van der Waals surface area contributed by atoms with Crippen LogP contribution in [0.4, 0.5) is 11.4 Å². The Morgan fingerprint density at radius 3 is 2.21 bits per heavy atom. The average Bonchev–Trinajstić information content (AvgIpc) is 3.10. The van der Waals surface area contributed by atoms with Crippen LogP contribution in [0.2, 0.25) is 0 Å². The number of Topliss-reactive ketones (excluding diaryl/α,β-unsaturated/α-hetero) is 1. The SMILES string of the molecule is COc1ccccc1/C(O)=C1/C(=O)C(=O)N(c2ccc(NC(C)=O)cc2)C1c1ccccc1. The first-order valence-electron chi connectivity index (χ1n) is 10.3. The van der Waals surface area contributed by atoms with E-state index in [4.69, 9.17) is 4.74 Å². The number of aliphatic hydroxyl groups is 1. The normalized spacial score (nSPS) is 17.2. The lowest BCUT2D eigenvalue weighted by atomic mass is 9.95. The van der Waals surface area contributed by atoms with E-state index in [2.05, 4.69) is 5.32 Å². The largest absolute Gasteiger partial charge is 0.507 e. The van der Waals surface area contributed by atoms with E-state index in [9.17, 15) is 19.5 Å². The van der Waals surface area contributed by atoms with Crippen LogP contribution < -0.4 is 15.0 Å². The maximum absolute atomic E-state index is 13.2. The van der Waals surface area contributed by atoms with Gasteiger partial charge in [0, 0.05) is 18.3 Å². The number of para-hydroxylation sites is 1. The van der Waals surface area contributed by atoms with E-state index in [1.165, 1.54) is 18.9 Å². The molecule has 0 saturated carbocycles. The molecule has 1 fully saturated rings. The number of anilines is 2. The molecule has 4 rings (SSSR count). The van der Waals surface area contributed by atoms with Gasteiger partial charge in [0.2, 0.25) is 5.91 Å². The zero-order valence-corrected chi connectivity index (χ0v) is 18.1. The van der Waals surface area contributed by atoms with Gasteiger partial charge < -0.3 is 15.2 Å². The minimum absolute atomic E-state index is 0.0263. The molecule has 1 heterocycles. The quantitative estimate of drug-likeness (QED) is 0.349. The molecule has 2 amide bonds. The number of ketones is 1. The number of carbonyl (C=O) groups is 3. The Balaban J connectivity index is 1.89. The summed E-state index contributed by atoms with van der Waals surface area (Å²) in [6, 6.07) is 21.6. The summed E-state index contributed by atoms with van der Waals surface area (Å²) in [6.07, 6.45) is 0. The molecule has 3 aromatic rings. The van der Waals surface area contributed by atoms with Gasteiger partial charge >= 0.3 is 0 Å². The molecule has 0 aliphatic carbocycles. The van der Waals surface area contributed by atoms with Crippen LogP contribution in [-0.4, -0.2) is 29.8 Å². The molecular weight excluding hydrogens is 420 g/mol. The van der Waals surface area contributed by atoms with E-state index in [1.54, 1.807) is 72.8 Å². The van der Waals surface area contributed by atoms with Gasteiger partial charge in [-0.3, -0.25) is 19.3 Å². The number of nitrogens with zero attached hydrogens (tertiary/aromatic N) is 1. The third-order valence-electron chi connectivity index (χ3n) is 5.39. The van der Waals surface area contributed by atoms with Gasteiger partial charge in [0.1, 0.15) is 11.5 Å². The molecular formula is C26H22N2O5. The van der Waals surface area contributed by atoms with Crippen LogP contribution in [0.1, 0.15) is 24.1 Å². The second kappa shape index (κ2) is 9.00. The highest BCUT2D eigenvalue weighted by molar-refractivity contribution is 6.51. The minimum atomic E-state index is -0.845. The van der Waals surface area contributed by atoms with E-state index in [-0.39, 0.29) is 17.2 Å². The number of ether oxygens (including phenoxy) is 1. The van der Waals surface area contributed by atoms with Crippen LogP contribution in [0.25, 0.3) is 5.76 Å². The molecule has 1 saturated heterocycles. The van der Waals surface area contributed by atoms with Crippen molar-refractivity contribution in [1.29, 1.82) is 0 Å². The van der Waals surface area contributed by atoms with Crippen LogP contribution in [-0.2, 0) is 14.4 Å². The molecule has 0 aromatic heterocycles. The van der Waals surface area contributed by atoms with Crippen molar-refractivity contribution < 1.29 is 24.2 Å². The second-order valence-electron chi connectivity index (χ2n) is 7.51. The first-order valence-corrected chi connectivity index (χ1v) is 10.3. The highest BCUT2D eigenvalue weighted by Crippen LogP contribution is 2.43. The van der Waals surface area contributed by atoms with Crippen LogP contribution in [0.3, 0.4) is 0 Å². The van der Waals surface area contributed by atoms with Crippen molar-refractivity contribution in [2.45, 2.75) is 13.0 Å². The van der Waals surface area contributed by atoms with Crippen LogP contribution >= 0.6 is 0 Å². The maximum Gasteiger partial charge on any atom is 0.300 e. The lowest BCUT2D eigenvalue weighted by Crippen LogP contribution is -2.29. The summed E-state index contributed by atoms with van der Waals surface area (Å²) in [4.78, 5) is 39.1. The van der Waals surface area contributed by atoms with Gasteiger partial charge in [-0.15, -0.1) is 0 Å².